The van der Waals surface area contributed by atoms with E-state index in [-0.39, 0.29) is 0 Å². The first-order chi connectivity index (χ1) is 6.73. The van der Waals surface area contributed by atoms with Crippen LogP contribution in [-0.2, 0) is 4.79 Å². The largest absolute Gasteiger partial charge is 0.480 e. The van der Waals surface area contributed by atoms with Crippen LogP contribution in [0.2, 0.25) is 0 Å². The van der Waals surface area contributed by atoms with Gasteiger partial charge in [0.05, 0.1) is 0 Å². The molecule has 2 aliphatic rings. The third-order valence-electron chi connectivity index (χ3n) is 3.70. The molecular weight excluding hydrogens is 178 g/mol. The van der Waals surface area contributed by atoms with Gasteiger partial charge in [0.2, 0.25) is 0 Å². The number of carbonyl (C=O) groups is 1. The third-order valence-corrected chi connectivity index (χ3v) is 3.70. The van der Waals surface area contributed by atoms with Gasteiger partial charge in [0, 0.05) is 6.04 Å². The highest BCUT2D eigenvalue weighted by Gasteiger charge is 2.42. The van der Waals surface area contributed by atoms with Gasteiger partial charge < -0.3 is 5.11 Å². The highest BCUT2D eigenvalue weighted by molar-refractivity contribution is 5.79. The van der Waals surface area contributed by atoms with Crippen molar-refractivity contribution in [2.24, 2.45) is 0 Å². The maximum absolute atomic E-state index is 11.2. The lowest BCUT2D eigenvalue weighted by molar-refractivity contribution is -0.145. The molecule has 2 aliphatic carbocycles. The van der Waals surface area contributed by atoms with Crippen LogP contribution in [0.1, 0.15) is 51.4 Å². The Morgan fingerprint density at radius 1 is 1.14 bits per heavy atom. The standard InChI is InChI=1S/C11H19NO2/c13-10(14)11(7-3-4-8-11)12-9-5-1-2-6-9/h9,12H,1-8H2,(H,13,14). The minimum absolute atomic E-state index is 0.462. The second-order valence-electron chi connectivity index (χ2n) is 4.72. The molecule has 3 nitrogen and oxygen atoms in total. The molecule has 0 aliphatic heterocycles. The first-order valence-corrected chi connectivity index (χ1v) is 5.74. The Labute approximate surface area is 84.9 Å². The minimum atomic E-state index is -0.637. The summed E-state index contributed by atoms with van der Waals surface area (Å²) < 4.78 is 0. The third kappa shape index (κ3) is 1.78. The van der Waals surface area contributed by atoms with Crippen molar-refractivity contribution in [3.8, 4) is 0 Å². The van der Waals surface area contributed by atoms with E-state index < -0.39 is 11.5 Å². The summed E-state index contributed by atoms with van der Waals surface area (Å²) in [4.78, 5) is 11.2. The van der Waals surface area contributed by atoms with Crippen molar-refractivity contribution in [1.82, 2.24) is 5.32 Å². The molecule has 0 aromatic rings. The molecule has 0 radical (unpaired) electrons. The topological polar surface area (TPSA) is 49.3 Å². The van der Waals surface area contributed by atoms with Gasteiger partial charge in [-0.05, 0) is 25.7 Å². The molecule has 2 saturated carbocycles. The molecule has 2 N–H and O–H groups in total. The van der Waals surface area contributed by atoms with E-state index in [1.807, 2.05) is 0 Å². The predicted molar refractivity (Wildman–Crippen MR) is 54.2 cm³/mol. The summed E-state index contributed by atoms with van der Waals surface area (Å²) in [6.07, 6.45) is 8.60. The first kappa shape index (κ1) is 9.97. The lowest BCUT2D eigenvalue weighted by Crippen LogP contribution is -2.53. The highest BCUT2D eigenvalue weighted by Crippen LogP contribution is 2.32. The molecule has 0 aromatic heterocycles. The summed E-state index contributed by atoms with van der Waals surface area (Å²) >= 11 is 0. The number of aliphatic carboxylic acids is 1. The van der Waals surface area contributed by atoms with Gasteiger partial charge >= 0.3 is 5.97 Å². The van der Waals surface area contributed by atoms with Gasteiger partial charge in [0.15, 0.2) is 0 Å². The number of hydrogen-bond acceptors (Lipinski definition) is 2. The normalized spacial score (nSPS) is 26.9. The monoisotopic (exact) mass is 197 g/mol. The van der Waals surface area contributed by atoms with Crippen LogP contribution in [0.15, 0.2) is 0 Å². The summed E-state index contributed by atoms with van der Waals surface area (Å²) in [6.45, 7) is 0. The number of hydrogen-bond donors (Lipinski definition) is 2. The van der Waals surface area contributed by atoms with E-state index in [2.05, 4.69) is 5.32 Å². The predicted octanol–water partition coefficient (Wildman–Crippen LogP) is 1.92. The zero-order chi connectivity index (χ0) is 10.0. The highest BCUT2D eigenvalue weighted by atomic mass is 16.4. The molecule has 0 saturated heterocycles. The van der Waals surface area contributed by atoms with Crippen LogP contribution in [-0.4, -0.2) is 22.7 Å². The van der Waals surface area contributed by atoms with Crippen LogP contribution in [0.5, 0.6) is 0 Å². The molecule has 0 aromatic carbocycles. The van der Waals surface area contributed by atoms with Gasteiger partial charge in [-0.2, -0.15) is 0 Å². The Bertz CT molecular complexity index is 215. The van der Waals surface area contributed by atoms with Gasteiger partial charge in [-0.1, -0.05) is 25.7 Å². The number of rotatable bonds is 3. The van der Waals surface area contributed by atoms with Crippen molar-refractivity contribution in [3.05, 3.63) is 0 Å². The summed E-state index contributed by atoms with van der Waals surface area (Å²) in [7, 11) is 0. The second-order valence-corrected chi connectivity index (χ2v) is 4.72. The number of nitrogens with one attached hydrogen (secondary N) is 1. The zero-order valence-electron chi connectivity index (χ0n) is 8.59. The van der Waals surface area contributed by atoms with E-state index in [0.717, 1.165) is 38.5 Å². The maximum atomic E-state index is 11.2. The van der Waals surface area contributed by atoms with Gasteiger partial charge in [-0.15, -0.1) is 0 Å². The maximum Gasteiger partial charge on any atom is 0.323 e. The molecule has 80 valence electrons. The lowest BCUT2D eigenvalue weighted by Gasteiger charge is -2.29. The van der Waals surface area contributed by atoms with Crippen LogP contribution in [0, 0.1) is 0 Å². The van der Waals surface area contributed by atoms with Crippen molar-refractivity contribution < 1.29 is 9.90 Å². The Morgan fingerprint density at radius 2 is 1.71 bits per heavy atom. The van der Waals surface area contributed by atoms with E-state index in [9.17, 15) is 9.90 Å². The second kappa shape index (κ2) is 3.89. The van der Waals surface area contributed by atoms with Gasteiger partial charge in [0.1, 0.15) is 5.54 Å². The number of carboxylic acid groups (broad SMARTS) is 1. The molecular formula is C11H19NO2. The average molecular weight is 197 g/mol. The quantitative estimate of drug-likeness (QED) is 0.726. The molecule has 3 heteroatoms. The van der Waals surface area contributed by atoms with Crippen LogP contribution < -0.4 is 5.32 Å². The SMILES string of the molecule is O=C(O)C1(NC2CCCC2)CCCC1. The molecule has 0 atom stereocenters. The van der Waals surface area contributed by atoms with Crippen LogP contribution in [0.3, 0.4) is 0 Å². The average Bonchev–Trinajstić information content (AvgIpc) is 2.76. The molecule has 0 bridgehead atoms. The zero-order valence-corrected chi connectivity index (χ0v) is 8.59. The van der Waals surface area contributed by atoms with Crippen molar-refractivity contribution in [3.63, 3.8) is 0 Å². The summed E-state index contributed by atoms with van der Waals surface area (Å²) in [6, 6.07) is 0.462. The molecule has 0 spiro atoms. The molecule has 2 rings (SSSR count). The smallest absolute Gasteiger partial charge is 0.323 e. The fraction of sp³-hybridized carbons (Fsp3) is 0.909. The molecule has 2 fully saturated rings. The van der Waals surface area contributed by atoms with Gasteiger partial charge in [0.25, 0.3) is 0 Å². The van der Waals surface area contributed by atoms with E-state index >= 15 is 0 Å². The van der Waals surface area contributed by atoms with Gasteiger partial charge in [-0.25, -0.2) is 0 Å². The Hall–Kier alpha value is -0.570. The number of carboxylic acids is 1. The first-order valence-electron chi connectivity index (χ1n) is 5.74. The van der Waals surface area contributed by atoms with Gasteiger partial charge in [-0.3, -0.25) is 10.1 Å². The molecule has 0 heterocycles. The lowest BCUT2D eigenvalue weighted by atomic mass is 9.96. The van der Waals surface area contributed by atoms with Crippen molar-refractivity contribution in [2.75, 3.05) is 0 Å². The fourth-order valence-corrected chi connectivity index (χ4v) is 2.86. The van der Waals surface area contributed by atoms with E-state index in [4.69, 9.17) is 0 Å². The fourth-order valence-electron chi connectivity index (χ4n) is 2.86. The van der Waals surface area contributed by atoms with Crippen LogP contribution >= 0.6 is 0 Å². The van der Waals surface area contributed by atoms with E-state index in [1.54, 1.807) is 0 Å². The summed E-state index contributed by atoms with van der Waals surface area (Å²) in [5.41, 5.74) is -0.574. The van der Waals surface area contributed by atoms with Crippen LogP contribution in [0.4, 0.5) is 0 Å². The van der Waals surface area contributed by atoms with Crippen molar-refractivity contribution >= 4 is 5.97 Å². The van der Waals surface area contributed by atoms with E-state index in [1.165, 1.54) is 12.8 Å². The Kier molecular flexibility index (Phi) is 2.77. The Balaban J connectivity index is 1.99. The summed E-state index contributed by atoms with van der Waals surface area (Å²) in [5, 5.41) is 12.7. The molecule has 0 amide bonds. The molecule has 0 unspecified atom stereocenters. The Morgan fingerprint density at radius 3 is 2.21 bits per heavy atom. The minimum Gasteiger partial charge on any atom is -0.480 e. The summed E-state index contributed by atoms with van der Waals surface area (Å²) in [5.74, 6) is -0.637. The molecule has 14 heavy (non-hydrogen) atoms. The van der Waals surface area contributed by atoms with Crippen molar-refractivity contribution in [2.45, 2.75) is 62.9 Å². The van der Waals surface area contributed by atoms with E-state index in [0.29, 0.717) is 6.04 Å². The van der Waals surface area contributed by atoms with Crippen LogP contribution in [0.25, 0.3) is 0 Å². The van der Waals surface area contributed by atoms with Crippen molar-refractivity contribution in [1.29, 1.82) is 0 Å².